The quantitative estimate of drug-likeness (QED) is 0.403. The smallest absolute Gasteiger partial charge is 0.319 e. The number of carbonyl (C=O) groups excluding carboxylic acids is 4. The van der Waals surface area contributed by atoms with Gasteiger partial charge < -0.3 is 21.3 Å². The molecule has 170 valence electrons. The molecular formula is C16H38N8O4P+. The van der Waals surface area contributed by atoms with E-state index in [0.29, 0.717) is 25.1 Å². The van der Waals surface area contributed by atoms with E-state index in [4.69, 9.17) is 0 Å². The van der Waals surface area contributed by atoms with E-state index in [1.54, 1.807) is 28.2 Å². The summed E-state index contributed by atoms with van der Waals surface area (Å²) in [6.45, 7) is 0. The van der Waals surface area contributed by atoms with E-state index in [9.17, 15) is 19.2 Å². The summed E-state index contributed by atoms with van der Waals surface area (Å²) >= 11 is 0. The number of nitrogens with one attached hydrogen (secondary N) is 4. The van der Waals surface area contributed by atoms with Crippen molar-refractivity contribution in [2.24, 2.45) is 0 Å². The van der Waals surface area contributed by atoms with Gasteiger partial charge in [0, 0.05) is 57.8 Å². The third-order valence-corrected chi connectivity index (χ3v) is 8.39. The third kappa shape index (κ3) is 8.18. The number of carbonyl (C=O) groups is 4. The zero-order valence-electron chi connectivity index (χ0n) is 18.7. The summed E-state index contributed by atoms with van der Waals surface area (Å²) in [7, 11) is 10.4. The second kappa shape index (κ2) is 12.2. The normalized spacial score (nSPS) is 10.5. The molecule has 0 heterocycles. The van der Waals surface area contributed by atoms with Crippen LogP contribution in [0.5, 0.6) is 0 Å². The summed E-state index contributed by atoms with van der Waals surface area (Å²) in [5, 5.41) is 10.3. The highest BCUT2D eigenvalue weighted by atomic mass is 31.2. The van der Waals surface area contributed by atoms with Crippen LogP contribution >= 0.6 is 7.26 Å². The Kier molecular flexibility index (Phi) is 11.1. The van der Waals surface area contributed by atoms with Crippen LogP contribution in [0.25, 0.3) is 0 Å². The van der Waals surface area contributed by atoms with Crippen LogP contribution in [0.4, 0.5) is 19.2 Å². The lowest BCUT2D eigenvalue weighted by Crippen LogP contribution is -2.47. The van der Waals surface area contributed by atoms with Crippen molar-refractivity contribution in [1.29, 1.82) is 0 Å². The summed E-state index contributed by atoms with van der Waals surface area (Å²) in [5.41, 5.74) is 0. The SMILES string of the molecule is CNC(=O)N(C)C[P+](CN(C)C(=O)NC)(CN(C)C(=O)NC)CN(C)C(=O)NC.[HH]. The van der Waals surface area contributed by atoms with E-state index in [0.717, 1.165) is 0 Å². The lowest BCUT2D eigenvalue weighted by molar-refractivity contribution is 0.211. The van der Waals surface area contributed by atoms with Crippen LogP contribution in [0, 0.1) is 0 Å². The Balaban J connectivity index is 0. The van der Waals surface area contributed by atoms with Crippen LogP contribution in [0.1, 0.15) is 1.43 Å². The summed E-state index contributed by atoms with van der Waals surface area (Å²) in [4.78, 5) is 54.7. The van der Waals surface area contributed by atoms with Crippen molar-refractivity contribution in [1.82, 2.24) is 40.9 Å². The molecule has 0 unspecified atom stereocenters. The van der Waals surface area contributed by atoms with E-state index in [1.165, 1.54) is 47.8 Å². The Bertz CT molecular complexity index is 496. The Morgan fingerprint density at radius 2 is 0.724 bits per heavy atom. The van der Waals surface area contributed by atoms with Crippen molar-refractivity contribution in [3.05, 3.63) is 0 Å². The molecule has 0 aliphatic rings. The molecule has 4 N–H and O–H groups in total. The highest BCUT2D eigenvalue weighted by Gasteiger charge is 2.46. The molecule has 12 nitrogen and oxygen atoms in total. The van der Waals surface area contributed by atoms with Crippen molar-refractivity contribution in [2.45, 2.75) is 0 Å². The fourth-order valence-electron chi connectivity index (χ4n) is 3.09. The van der Waals surface area contributed by atoms with Crippen molar-refractivity contribution in [2.75, 3.05) is 81.5 Å². The van der Waals surface area contributed by atoms with Gasteiger partial charge in [0.15, 0.2) is 0 Å². The summed E-state index contributed by atoms with van der Waals surface area (Å²) in [6, 6.07) is -1.16. The molecule has 0 aromatic carbocycles. The first-order valence-electron chi connectivity index (χ1n) is 9.03. The first-order valence-corrected chi connectivity index (χ1v) is 11.6. The maximum Gasteiger partial charge on any atom is 0.319 e. The molecule has 0 spiro atoms. The molecule has 13 heteroatoms. The highest BCUT2D eigenvalue weighted by Crippen LogP contribution is 2.59. The first kappa shape index (κ1) is 26.5. The zero-order chi connectivity index (χ0) is 22.8. The van der Waals surface area contributed by atoms with Gasteiger partial charge in [-0.2, -0.15) is 0 Å². The van der Waals surface area contributed by atoms with Crippen LogP contribution in [-0.2, 0) is 0 Å². The Hall–Kier alpha value is -2.49. The molecule has 0 atom stereocenters. The molecule has 0 aliphatic heterocycles. The Labute approximate surface area is 175 Å². The van der Waals surface area contributed by atoms with Gasteiger partial charge in [-0.05, 0) is 0 Å². The largest absolute Gasteiger partial charge is 0.341 e. The van der Waals surface area contributed by atoms with Gasteiger partial charge in [0.05, 0.1) is 7.26 Å². The average Bonchev–Trinajstić information content (AvgIpc) is 2.70. The number of hydrogen-bond donors (Lipinski definition) is 4. The lowest BCUT2D eigenvalue weighted by atomic mass is 10.8. The molecule has 0 fully saturated rings. The summed E-state index contributed by atoms with van der Waals surface area (Å²) < 4.78 is 0. The maximum atomic E-state index is 12.2. The standard InChI is InChI=1S/C16H35N8O4P.H2/c1-17-13(25)21(5)9-29(10-22(6)14(26)18-2,11-23(7)15(27)19-3)12-24(8)16(28)20-4;/h9-12H2,1-8H3,(H3-,17,18,19,20,25,26,27,28);1H/p+1. The van der Waals surface area contributed by atoms with Crippen LogP contribution < -0.4 is 21.3 Å². The van der Waals surface area contributed by atoms with Gasteiger partial charge in [-0.1, -0.05) is 0 Å². The van der Waals surface area contributed by atoms with Gasteiger partial charge in [-0.15, -0.1) is 0 Å². The molecule has 0 radical (unpaired) electrons. The minimum absolute atomic E-state index is 0. The van der Waals surface area contributed by atoms with E-state index in [-0.39, 0.29) is 25.6 Å². The first-order chi connectivity index (χ1) is 13.5. The van der Waals surface area contributed by atoms with Gasteiger partial charge in [-0.3, -0.25) is 19.6 Å². The molecule has 0 rings (SSSR count). The summed E-state index contributed by atoms with van der Waals surface area (Å²) in [5.74, 6) is 0. The van der Waals surface area contributed by atoms with Gasteiger partial charge >= 0.3 is 24.1 Å². The maximum absolute atomic E-state index is 12.2. The van der Waals surface area contributed by atoms with Crippen LogP contribution in [-0.4, -0.2) is 125 Å². The minimum atomic E-state index is -2.33. The van der Waals surface area contributed by atoms with E-state index < -0.39 is 7.26 Å². The van der Waals surface area contributed by atoms with Gasteiger partial charge in [-0.25, -0.2) is 19.2 Å². The zero-order valence-corrected chi connectivity index (χ0v) is 19.6. The highest BCUT2D eigenvalue weighted by molar-refractivity contribution is 7.75. The van der Waals surface area contributed by atoms with Crippen LogP contribution in [0.2, 0.25) is 0 Å². The fraction of sp³-hybridized carbons (Fsp3) is 0.750. The Morgan fingerprint density at radius 1 is 0.552 bits per heavy atom. The average molecular weight is 438 g/mol. The predicted molar refractivity (Wildman–Crippen MR) is 117 cm³/mol. The molecule has 0 aromatic rings. The fourth-order valence-corrected chi connectivity index (χ4v) is 7.74. The number of urea groups is 4. The van der Waals surface area contributed by atoms with Crippen molar-refractivity contribution in [3.8, 4) is 0 Å². The number of amides is 8. The molecule has 8 amide bonds. The van der Waals surface area contributed by atoms with E-state index in [1.807, 2.05) is 0 Å². The lowest BCUT2D eigenvalue weighted by Gasteiger charge is -2.37. The van der Waals surface area contributed by atoms with Gasteiger partial charge in [0.2, 0.25) is 0 Å². The van der Waals surface area contributed by atoms with Crippen molar-refractivity contribution >= 4 is 31.4 Å². The van der Waals surface area contributed by atoms with E-state index >= 15 is 0 Å². The number of hydrogen-bond acceptors (Lipinski definition) is 4. The molecular weight excluding hydrogens is 399 g/mol. The van der Waals surface area contributed by atoms with Gasteiger partial charge in [0.1, 0.15) is 25.1 Å². The second-order valence-corrected chi connectivity index (χ2v) is 10.7. The van der Waals surface area contributed by atoms with Crippen LogP contribution in [0.15, 0.2) is 0 Å². The monoisotopic (exact) mass is 437 g/mol. The molecule has 0 saturated carbocycles. The second-order valence-electron chi connectivity index (χ2n) is 6.92. The molecule has 0 saturated heterocycles. The van der Waals surface area contributed by atoms with Crippen molar-refractivity contribution < 1.29 is 20.6 Å². The molecule has 0 bridgehead atoms. The van der Waals surface area contributed by atoms with Crippen LogP contribution in [0.3, 0.4) is 0 Å². The predicted octanol–water partition coefficient (Wildman–Crippen LogP) is 0.165. The minimum Gasteiger partial charge on any atom is -0.341 e. The number of rotatable bonds is 8. The molecule has 0 aliphatic carbocycles. The summed E-state index contributed by atoms with van der Waals surface area (Å²) in [6.07, 6.45) is 1.21. The van der Waals surface area contributed by atoms with E-state index in [2.05, 4.69) is 21.3 Å². The molecule has 0 aromatic heterocycles. The third-order valence-electron chi connectivity index (χ3n) is 4.29. The number of nitrogens with zero attached hydrogens (tertiary/aromatic N) is 4. The topological polar surface area (TPSA) is 129 Å². The van der Waals surface area contributed by atoms with Crippen molar-refractivity contribution in [3.63, 3.8) is 0 Å². The molecule has 29 heavy (non-hydrogen) atoms. The van der Waals surface area contributed by atoms with Gasteiger partial charge in [0.25, 0.3) is 0 Å². The Morgan fingerprint density at radius 3 is 0.862 bits per heavy atom.